The lowest BCUT2D eigenvalue weighted by Gasteiger charge is -2.62. The summed E-state index contributed by atoms with van der Waals surface area (Å²) in [6.45, 7) is 6.76. The molecule has 12 atom stereocenters. The van der Waals surface area contributed by atoms with Crippen molar-refractivity contribution in [3.05, 3.63) is 143 Å². The highest BCUT2D eigenvalue weighted by Crippen LogP contribution is 2.68. The summed E-state index contributed by atoms with van der Waals surface area (Å²) in [7, 11) is 6.92. The Morgan fingerprint density at radius 2 is 1.47 bits per heavy atom. The first kappa shape index (κ1) is 45.7. The molecule has 4 aromatic carbocycles. The number of hydrogen-bond donors (Lipinski definition) is 1. The fraction of sp³-hybridized carbons (Fsp3) is 0.464. The van der Waals surface area contributed by atoms with Gasteiger partial charge in [-0.3, -0.25) is 0 Å². The van der Waals surface area contributed by atoms with E-state index in [0.29, 0.717) is 30.5 Å². The number of benzene rings is 4. The molecule has 9 aliphatic rings. The molecule has 4 bridgehead atoms. The van der Waals surface area contributed by atoms with Gasteiger partial charge in [0, 0.05) is 78.1 Å². The molecule has 4 aromatic rings. The SMILES string of the molecule is COc1ccc(C[N+]23CC[C@@H]4[C@@H]5/C(=C\N6c7ccccc7[C@@]78CC[N+]9(Cc%10ccc(OC)c(OC)c%10)CC%10=CCO[C@H]([C@@H]([C@H]67)[C@H]%10C[C@@H]89)N5c5ccccc5)[C@@H](C[C@@H]42)/C(=C\CO)C3)cc1OC.[Cl-].[Cl-]. The van der Waals surface area contributed by atoms with Crippen molar-refractivity contribution in [1.82, 2.24) is 0 Å². The van der Waals surface area contributed by atoms with Gasteiger partial charge in [-0.05, 0) is 76.9 Å². The topological polar surface area (TPSA) is 72.9 Å². The second kappa shape index (κ2) is 17.0. The summed E-state index contributed by atoms with van der Waals surface area (Å²) >= 11 is 0. The van der Waals surface area contributed by atoms with Crippen LogP contribution in [0.5, 0.6) is 23.0 Å². The summed E-state index contributed by atoms with van der Waals surface area (Å²) in [6.07, 6.45) is 11.8. The lowest BCUT2D eigenvalue weighted by atomic mass is 9.54. The fourth-order valence-electron chi connectivity index (χ4n) is 16.6. The van der Waals surface area contributed by atoms with Crippen LogP contribution in [0.1, 0.15) is 42.4 Å². The van der Waals surface area contributed by atoms with Crippen molar-refractivity contribution in [3.8, 4) is 23.0 Å². The molecule has 2 saturated carbocycles. The molecule has 0 radical (unpaired) electrons. The largest absolute Gasteiger partial charge is 1.00 e. The standard InChI is InChI=1S/C56H64N4O6.2ClH/c1-62-47-16-14-35(26-49(47)64-3)31-59-22-18-40-46(59)28-41(37(33-59)19-24-61)43-30-57-45-13-9-8-12-44(45)56-21-23-60(32-36-15-17-48(63-2)50(27-36)65-4)34-38-20-25-66-55(52(54(56)57)42(38)29-51(56)60)58(53(40)43)39-10-6-5-7-11-39;;/h5-17,19-20,26-27,30,40-42,46,51-55,61H,18,21-25,28-29,31-34H2,1-4H3;2*1H/q+2;;/p-2/b37-19-,43-30-;;/t40-,41-,42-,46-,51-,52+,53+,54-,55+,56+,59?,60?;;/m0../s1. The number of halogens is 2. The van der Waals surface area contributed by atoms with Crippen LogP contribution in [0, 0.1) is 23.7 Å². The van der Waals surface area contributed by atoms with Gasteiger partial charge in [-0.15, -0.1) is 0 Å². The number of nitrogens with zero attached hydrogens (tertiary/aromatic N) is 4. The van der Waals surface area contributed by atoms with Crippen LogP contribution in [-0.4, -0.2) is 112 Å². The molecule has 2 unspecified atom stereocenters. The Morgan fingerprint density at radius 3 is 2.18 bits per heavy atom. The van der Waals surface area contributed by atoms with Gasteiger partial charge in [0.1, 0.15) is 38.4 Å². The zero-order chi connectivity index (χ0) is 44.5. The zero-order valence-electron chi connectivity index (χ0n) is 39.6. The maximum absolute atomic E-state index is 10.9. The average Bonchev–Trinajstić information content (AvgIpc) is 3.94. The lowest BCUT2D eigenvalue weighted by molar-refractivity contribution is -0.955. The first-order valence-electron chi connectivity index (χ1n) is 24.5. The Hall–Kier alpha value is -4.68. The van der Waals surface area contributed by atoms with Gasteiger partial charge >= 0.3 is 0 Å². The molecule has 1 N–H and O–H groups in total. The quantitative estimate of drug-likeness (QED) is 0.192. The predicted octanol–water partition coefficient (Wildman–Crippen LogP) is 2.01. The first-order valence-corrected chi connectivity index (χ1v) is 24.5. The number of aliphatic hydroxyl groups is 1. The highest BCUT2D eigenvalue weighted by Gasteiger charge is 2.75. The van der Waals surface area contributed by atoms with E-state index in [9.17, 15) is 5.11 Å². The second-order valence-electron chi connectivity index (χ2n) is 21.1. The van der Waals surface area contributed by atoms with Crippen LogP contribution < -0.4 is 53.6 Å². The highest BCUT2D eigenvalue weighted by atomic mass is 35.5. The molecule has 2 aliphatic carbocycles. The number of rotatable bonds is 10. The summed E-state index contributed by atoms with van der Waals surface area (Å²) in [4.78, 5) is 5.69. The molecule has 12 heteroatoms. The maximum Gasteiger partial charge on any atom is 0.161 e. The molecule has 7 heterocycles. The minimum absolute atomic E-state index is 0. The van der Waals surface area contributed by atoms with Crippen molar-refractivity contribution < 1.29 is 62.6 Å². The summed E-state index contributed by atoms with van der Waals surface area (Å²) in [6, 6.07) is 35.2. The summed E-state index contributed by atoms with van der Waals surface area (Å²) in [5, 5.41) is 10.9. The third-order valence-corrected chi connectivity index (χ3v) is 18.8. The highest BCUT2D eigenvalue weighted by molar-refractivity contribution is 5.70. The molecule has 1 spiro atoms. The van der Waals surface area contributed by atoms with Gasteiger partial charge in [0.2, 0.25) is 0 Å². The van der Waals surface area contributed by atoms with E-state index in [4.69, 9.17) is 23.7 Å². The van der Waals surface area contributed by atoms with Crippen molar-refractivity contribution in [3.63, 3.8) is 0 Å². The van der Waals surface area contributed by atoms with Crippen LogP contribution in [0.2, 0.25) is 0 Å². The molecule has 4 saturated heterocycles. The van der Waals surface area contributed by atoms with Crippen LogP contribution in [0.3, 0.4) is 0 Å². The molecule has 6 fully saturated rings. The van der Waals surface area contributed by atoms with Crippen molar-refractivity contribution in [2.45, 2.75) is 74.6 Å². The number of ether oxygens (including phenoxy) is 5. The van der Waals surface area contributed by atoms with Gasteiger partial charge in [-0.2, -0.15) is 0 Å². The van der Waals surface area contributed by atoms with E-state index in [1.54, 1.807) is 34.0 Å². The third kappa shape index (κ3) is 6.29. The minimum Gasteiger partial charge on any atom is -1.00 e. The molecule has 0 amide bonds. The Kier molecular flexibility index (Phi) is 11.5. The number of aliphatic hydroxyl groups excluding tert-OH is 1. The molecular formula is C56H64Cl2N4O6. The van der Waals surface area contributed by atoms with Gasteiger partial charge in [-0.25, -0.2) is 0 Å². The Balaban J connectivity index is 0.00000253. The summed E-state index contributed by atoms with van der Waals surface area (Å²) in [5.74, 6) is 4.42. The number of para-hydroxylation sites is 2. The smallest absolute Gasteiger partial charge is 0.161 e. The second-order valence-corrected chi connectivity index (χ2v) is 21.1. The van der Waals surface area contributed by atoms with E-state index in [2.05, 4.69) is 119 Å². The number of quaternary nitrogens is 2. The molecule has 358 valence electrons. The molecule has 7 aliphatic heterocycles. The normalized spacial score (nSPS) is 36.3. The third-order valence-electron chi connectivity index (χ3n) is 18.8. The minimum atomic E-state index is -0.122. The Bertz CT molecular complexity index is 2700. The average molecular weight is 960 g/mol. The van der Waals surface area contributed by atoms with E-state index < -0.39 is 0 Å². The monoisotopic (exact) mass is 958 g/mol. The molecular weight excluding hydrogens is 896 g/mol. The van der Waals surface area contributed by atoms with Gasteiger partial charge in [-0.1, -0.05) is 48.6 Å². The van der Waals surface area contributed by atoms with Crippen LogP contribution in [-0.2, 0) is 23.2 Å². The van der Waals surface area contributed by atoms with Crippen LogP contribution in [0.25, 0.3) is 0 Å². The molecule has 0 aromatic heterocycles. The molecule has 13 rings (SSSR count). The van der Waals surface area contributed by atoms with E-state index in [-0.39, 0.29) is 67.0 Å². The number of methoxy groups -OCH3 is 4. The number of fused-ring (bicyclic) bond motifs is 6. The van der Waals surface area contributed by atoms with Crippen LogP contribution in [0.15, 0.2) is 126 Å². The lowest BCUT2D eigenvalue weighted by Crippen LogP contribution is -3.00. The van der Waals surface area contributed by atoms with E-state index >= 15 is 0 Å². The number of anilines is 2. The van der Waals surface area contributed by atoms with Gasteiger partial charge in [0.05, 0.1) is 78.3 Å². The van der Waals surface area contributed by atoms with Gasteiger partial charge in [0.25, 0.3) is 0 Å². The van der Waals surface area contributed by atoms with Crippen molar-refractivity contribution >= 4 is 11.4 Å². The van der Waals surface area contributed by atoms with Crippen LogP contribution in [0.4, 0.5) is 11.4 Å². The molecule has 68 heavy (non-hydrogen) atoms. The van der Waals surface area contributed by atoms with Crippen molar-refractivity contribution in [1.29, 1.82) is 0 Å². The van der Waals surface area contributed by atoms with Gasteiger partial charge in [0.15, 0.2) is 23.0 Å². The van der Waals surface area contributed by atoms with Crippen LogP contribution >= 0.6 is 0 Å². The zero-order valence-corrected chi connectivity index (χ0v) is 41.1. The predicted molar refractivity (Wildman–Crippen MR) is 255 cm³/mol. The Morgan fingerprint density at radius 1 is 0.779 bits per heavy atom. The van der Waals surface area contributed by atoms with Gasteiger partial charge < -0.3 is 72.4 Å². The van der Waals surface area contributed by atoms with E-state index in [1.807, 2.05) is 0 Å². The Labute approximate surface area is 413 Å². The summed E-state index contributed by atoms with van der Waals surface area (Å²) in [5.41, 5.74) is 11.2. The number of piperidine rings is 2. The van der Waals surface area contributed by atoms with E-state index in [1.165, 1.54) is 39.2 Å². The maximum atomic E-state index is 10.9. The molecule has 10 nitrogen and oxygen atoms in total. The van der Waals surface area contributed by atoms with E-state index in [0.717, 1.165) is 96.9 Å². The van der Waals surface area contributed by atoms with Crippen molar-refractivity contribution in [2.75, 3.05) is 77.6 Å². The number of hydrogen-bond acceptors (Lipinski definition) is 8. The van der Waals surface area contributed by atoms with Crippen molar-refractivity contribution in [2.24, 2.45) is 23.7 Å². The summed E-state index contributed by atoms with van der Waals surface area (Å²) < 4.78 is 32.8. The first-order chi connectivity index (χ1) is 32.4. The fourth-order valence-corrected chi connectivity index (χ4v) is 16.6.